The van der Waals surface area contributed by atoms with Crippen LogP contribution in [0.1, 0.15) is 35.0 Å². The third-order valence-corrected chi connectivity index (χ3v) is 6.37. The Balaban J connectivity index is 1.59. The SMILES string of the molecule is Cc1[nH]c2ccccc2c1C(=O)[C@H](C)OC(=O)CCNS(=O)(=O)c1cccc(C(F)(F)F)c1. The minimum absolute atomic E-state index is 0.399. The maximum Gasteiger partial charge on any atom is 0.416 e. The number of alkyl halides is 3. The lowest BCUT2D eigenvalue weighted by Crippen LogP contribution is -2.29. The van der Waals surface area contributed by atoms with Gasteiger partial charge in [0.1, 0.15) is 0 Å². The Morgan fingerprint density at radius 1 is 1.12 bits per heavy atom. The highest BCUT2D eigenvalue weighted by Crippen LogP contribution is 2.30. The first-order valence-corrected chi connectivity index (χ1v) is 11.4. The molecule has 1 aromatic heterocycles. The number of rotatable bonds is 8. The Morgan fingerprint density at radius 3 is 2.52 bits per heavy atom. The minimum atomic E-state index is -4.69. The van der Waals surface area contributed by atoms with Gasteiger partial charge in [-0.3, -0.25) is 9.59 Å². The fraction of sp³-hybridized carbons (Fsp3) is 0.273. The average molecular weight is 482 g/mol. The van der Waals surface area contributed by atoms with E-state index in [2.05, 4.69) is 9.71 Å². The molecule has 1 heterocycles. The van der Waals surface area contributed by atoms with E-state index in [1.807, 2.05) is 12.1 Å². The molecule has 11 heteroatoms. The molecule has 0 amide bonds. The summed E-state index contributed by atoms with van der Waals surface area (Å²) in [7, 11) is -4.28. The molecule has 0 saturated heterocycles. The molecule has 0 unspecified atom stereocenters. The number of halogens is 3. The first-order chi connectivity index (χ1) is 15.4. The lowest BCUT2D eigenvalue weighted by Gasteiger charge is -2.13. The number of hydrogen-bond acceptors (Lipinski definition) is 5. The number of ether oxygens (including phenoxy) is 1. The van der Waals surface area contributed by atoms with Crippen LogP contribution in [0, 0.1) is 6.92 Å². The molecule has 0 spiro atoms. The number of aromatic nitrogens is 1. The summed E-state index contributed by atoms with van der Waals surface area (Å²) in [5.74, 6) is -1.25. The molecule has 0 radical (unpaired) electrons. The molecule has 176 valence electrons. The molecule has 0 aliphatic heterocycles. The number of aryl methyl sites for hydroxylation is 1. The summed E-state index contributed by atoms with van der Waals surface area (Å²) in [5, 5.41) is 0.691. The highest BCUT2D eigenvalue weighted by atomic mass is 32.2. The second-order valence-electron chi connectivity index (χ2n) is 7.34. The number of sulfonamides is 1. The standard InChI is InChI=1S/C22H21F3N2O5S/c1-13-20(17-8-3-4-9-18(17)27-13)21(29)14(2)32-19(28)10-11-26-33(30,31)16-7-5-6-15(12-16)22(23,24)25/h3-9,12,14,26-27H,10-11H2,1-2H3/t14-/m0/s1. The summed E-state index contributed by atoms with van der Waals surface area (Å²) in [6.45, 7) is 2.73. The van der Waals surface area contributed by atoms with Crippen molar-refractivity contribution in [2.45, 2.75) is 37.4 Å². The van der Waals surface area contributed by atoms with Crippen LogP contribution in [0.25, 0.3) is 10.9 Å². The number of para-hydroxylation sites is 1. The molecular weight excluding hydrogens is 461 g/mol. The summed E-state index contributed by atoms with van der Waals surface area (Å²) in [6.07, 6.45) is -6.22. The highest BCUT2D eigenvalue weighted by Gasteiger charge is 2.31. The van der Waals surface area contributed by atoms with Gasteiger partial charge in [0.05, 0.1) is 16.9 Å². The van der Waals surface area contributed by atoms with Crippen molar-refractivity contribution >= 4 is 32.7 Å². The summed E-state index contributed by atoms with van der Waals surface area (Å²) in [5.41, 5.74) is 0.680. The molecule has 0 saturated carbocycles. The normalized spacial score (nSPS) is 13.1. The van der Waals surface area contributed by atoms with Crippen LogP contribution in [-0.2, 0) is 25.7 Å². The quantitative estimate of drug-likeness (QED) is 0.373. The maximum absolute atomic E-state index is 12.8. The number of nitrogens with one attached hydrogen (secondary N) is 2. The van der Waals surface area contributed by atoms with Crippen LogP contribution in [0.5, 0.6) is 0 Å². The van der Waals surface area contributed by atoms with Crippen LogP contribution in [0.3, 0.4) is 0 Å². The van der Waals surface area contributed by atoms with Crippen molar-refractivity contribution in [1.29, 1.82) is 0 Å². The number of carbonyl (C=O) groups excluding carboxylic acids is 2. The third-order valence-electron chi connectivity index (χ3n) is 4.91. The van der Waals surface area contributed by atoms with Crippen molar-refractivity contribution < 1.29 is 35.9 Å². The van der Waals surface area contributed by atoms with Crippen LogP contribution in [0.15, 0.2) is 53.4 Å². The van der Waals surface area contributed by atoms with E-state index in [9.17, 15) is 31.2 Å². The topological polar surface area (TPSA) is 105 Å². The lowest BCUT2D eigenvalue weighted by atomic mass is 10.0. The van der Waals surface area contributed by atoms with Gasteiger partial charge in [-0.05, 0) is 38.1 Å². The molecule has 7 nitrogen and oxygen atoms in total. The molecular formula is C22H21F3N2O5S. The third kappa shape index (κ3) is 5.60. The number of Topliss-reactive ketones (excluding diaryl/α,β-unsaturated/α-hetero) is 1. The Labute approximate surface area is 188 Å². The molecule has 3 rings (SSSR count). The fourth-order valence-electron chi connectivity index (χ4n) is 3.32. The summed E-state index contributed by atoms with van der Waals surface area (Å²) < 4.78 is 70.1. The monoisotopic (exact) mass is 482 g/mol. The van der Waals surface area contributed by atoms with Gasteiger partial charge < -0.3 is 9.72 Å². The number of aromatic amines is 1. The van der Waals surface area contributed by atoms with E-state index in [1.54, 1.807) is 19.1 Å². The zero-order chi connectivity index (χ0) is 24.4. The Bertz CT molecular complexity index is 1300. The summed E-state index contributed by atoms with van der Waals surface area (Å²) in [4.78, 5) is 27.4. The van der Waals surface area contributed by atoms with Gasteiger partial charge in [-0.15, -0.1) is 0 Å². The van der Waals surface area contributed by atoms with Crippen molar-refractivity contribution in [3.05, 3.63) is 65.4 Å². The van der Waals surface area contributed by atoms with E-state index in [0.29, 0.717) is 22.7 Å². The predicted molar refractivity (Wildman–Crippen MR) is 114 cm³/mol. The van der Waals surface area contributed by atoms with E-state index >= 15 is 0 Å². The first-order valence-electron chi connectivity index (χ1n) is 9.88. The van der Waals surface area contributed by atoms with Crippen LogP contribution in [0.2, 0.25) is 0 Å². The first kappa shape index (κ1) is 24.5. The minimum Gasteiger partial charge on any atom is -0.454 e. The van der Waals surface area contributed by atoms with Gasteiger partial charge >= 0.3 is 12.1 Å². The molecule has 3 aromatic rings. The number of ketones is 1. The van der Waals surface area contributed by atoms with Crippen molar-refractivity contribution in [2.75, 3.05) is 6.54 Å². The van der Waals surface area contributed by atoms with Gasteiger partial charge in [0.2, 0.25) is 15.8 Å². The summed E-state index contributed by atoms with van der Waals surface area (Å²) >= 11 is 0. The predicted octanol–water partition coefficient (Wildman–Crippen LogP) is 3.98. The molecule has 1 atom stereocenters. The molecule has 33 heavy (non-hydrogen) atoms. The number of carbonyl (C=O) groups is 2. The Kier molecular flexibility index (Phi) is 6.94. The number of hydrogen-bond donors (Lipinski definition) is 2. The number of fused-ring (bicyclic) bond motifs is 1. The van der Waals surface area contributed by atoms with Crippen LogP contribution in [0.4, 0.5) is 13.2 Å². The van der Waals surface area contributed by atoms with Crippen LogP contribution in [-0.4, -0.2) is 37.8 Å². The van der Waals surface area contributed by atoms with Crippen molar-refractivity contribution in [1.82, 2.24) is 9.71 Å². The van der Waals surface area contributed by atoms with Crippen LogP contribution >= 0.6 is 0 Å². The Morgan fingerprint density at radius 2 is 1.82 bits per heavy atom. The lowest BCUT2D eigenvalue weighted by molar-refractivity contribution is -0.146. The average Bonchev–Trinajstić information content (AvgIpc) is 3.08. The van der Waals surface area contributed by atoms with E-state index in [0.717, 1.165) is 23.7 Å². The summed E-state index contributed by atoms with van der Waals surface area (Å²) in [6, 6.07) is 10.4. The zero-order valence-electron chi connectivity index (χ0n) is 17.7. The van der Waals surface area contributed by atoms with E-state index in [-0.39, 0.29) is 0 Å². The van der Waals surface area contributed by atoms with Crippen molar-refractivity contribution in [3.8, 4) is 0 Å². The van der Waals surface area contributed by atoms with Crippen LogP contribution < -0.4 is 4.72 Å². The molecule has 0 fully saturated rings. The van der Waals surface area contributed by atoms with Gasteiger partial charge in [0, 0.05) is 28.7 Å². The van der Waals surface area contributed by atoms with E-state index < -0.39 is 57.5 Å². The number of benzene rings is 2. The van der Waals surface area contributed by atoms with Gasteiger partial charge in [-0.1, -0.05) is 24.3 Å². The molecule has 2 aromatic carbocycles. The largest absolute Gasteiger partial charge is 0.454 e. The van der Waals surface area contributed by atoms with Gasteiger partial charge in [0.25, 0.3) is 0 Å². The molecule has 0 aliphatic rings. The zero-order valence-corrected chi connectivity index (χ0v) is 18.5. The molecule has 2 N–H and O–H groups in total. The maximum atomic E-state index is 12.8. The highest BCUT2D eigenvalue weighted by molar-refractivity contribution is 7.89. The second-order valence-corrected chi connectivity index (χ2v) is 9.11. The second kappa shape index (κ2) is 9.36. The smallest absolute Gasteiger partial charge is 0.416 e. The van der Waals surface area contributed by atoms with Crippen molar-refractivity contribution in [3.63, 3.8) is 0 Å². The molecule has 0 aliphatic carbocycles. The van der Waals surface area contributed by atoms with E-state index in [4.69, 9.17) is 4.74 Å². The van der Waals surface area contributed by atoms with Gasteiger partial charge in [-0.2, -0.15) is 13.2 Å². The Hall–Kier alpha value is -3.18. The van der Waals surface area contributed by atoms with E-state index in [1.165, 1.54) is 6.92 Å². The van der Waals surface area contributed by atoms with Gasteiger partial charge in [0.15, 0.2) is 6.10 Å². The molecule has 0 bridgehead atoms. The number of esters is 1. The number of H-pyrrole nitrogens is 1. The van der Waals surface area contributed by atoms with Gasteiger partial charge in [-0.25, -0.2) is 13.1 Å². The fourth-order valence-corrected chi connectivity index (χ4v) is 4.39. The van der Waals surface area contributed by atoms with Crippen molar-refractivity contribution in [2.24, 2.45) is 0 Å².